The van der Waals surface area contributed by atoms with E-state index < -0.39 is 25.8 Å². The van der Waals surface area contributed by atoms with E-state index in [1.165, 1.54) is 12.1 Å². The van der Waals surface area contributed by atoms with Gasteiger partial charge in [-0.1, -0.05) is 99.6 Å². The SMILES string of the molecule is Cc1cc(C(NC(=O)c2cc(CO[Si](c3ccccc3)(c3ccccc3)C(C)(C)C)cc(C3(C(F)(F)F)CC3)c2)C2CC2)ccc1F. The van der Waals surface area contributed by atoms with Gasteiger partial charge in [-0.2, -0.15) is 13.2 Å². The van der Waals surface area contributed by atoms with Crippen molar-refractivity contribution in [3.63, 3.8) is 0 Å². The van der Waals surface area contributed by atoms with E-state index in [9.17, 15) is 22.4 Å². The molecule has 2 fully saturated rings. The molecular weight excluding hydrogens is 619 g/mol. The van der Waals surface area contributed by atoms with Crippen LogP contribution in [0.2, 0.25) is 5.04 Å². The average molecular weight is 660 g/mol. The third-order valence-electron chi connectivity index (χ3n) is 9.89. The first kappa shape index (κ1) is 33.2. The minimum Gasteiger partial charge on any atom is -0.403 e. The first-order valence-electron chi connectivity index (χ1n) is 16.3. The summed E-state index contributed by atoms with van der Waals surface area (Å²) in [5.41, 5.74) is 0.0899. The Bertz CT molecular complexity index is 1700. The van der Waals surface area contributed by atoms with Crippen molar-refractivity contribution >= 4 is 24.6 Å². The quantitative estimate of drug-likeness (QED) is 0.137. The molecule has 0 heterocycles. The summed E-state index contributed by atoms with van der Waals surface area (Å²) in [5, 5.41) is 4.88. The standard InChI is InChI=1S/C39H41F4NO2Si/c1-26-21-29(17-18-34(26)40)35(28-15-16-28)44-36(45)30-22-27(23-31(24-30)38(19-20-38)39(41,42)43)25-46-47(37(2,3)4,32-11-7-5-8-12-32)33-13-9-6-10-14-33/h5-14,17-18,21-24,28,35H,15-16,19-20,25H2,1-4H3,(H,44,45). The van der Waals surface area contributed by atoms with Gasteiger partial charge in [-0.15, -0.1) is 0 Å². The first-order valence-corrected chi connectivity index (χ1v) is 18.2. The van der Waals surface area contributed by atoms with Crippen LogP contribution >= 0.6 is 0 Å². The highest BCUT2D eigenvalue weighted by Crippen LogP contribution is 2.59. The van der Waals surface area contributed by atoms with Gasteiger partial charge < -0.3 is 9.74 Å². The third-order valence-corrected chi connectivity index (χ3v) is 14.9. The van der Waals surface area contributed by atoms with Crippen molar-refractivity contribution in [1.29, 1.82) is 0 Å². The topological polar surface area (TPSA) is 38.3 Å². The maximum Gasteiger partial charge on any atom is 0.398 e. The molecule has 2 aliphatic carbocycles. The highest BCUT2D eigenvalue weighted by Gasteiger charge is 2.64. The van der Waals surface area contributed by atoms with Crippen molar-refractivity contribution in [2.75, 3.05) is 0 Å². The van der Waals surface area contributed by atoms with Gasteiger partial charge in [0.05, 0.1) is 18.1 Å². The molecule has 1 atom stereocenters. The van der Waals surface area contributed by atoms with Crippen LogP contribution in [-0.2, 0) is 16.4 Å². The Kier molecular flexibility index (Phi) is 8.72. The second-order valence-corrected chi connectivity index (χ2v) is 18.6. The van der Waals surface area contributed by atoms with Gasteiger partial charge in [-0.05, 0) is 94.4 Å². The van der Waals surface area contributed by atoms with Gasteiger partial charge in [0.1, 0.15) is 5.82 Å². The summed E-state index contributed by atoms with van der Waals surface area (Å²) in [6, 6.07) is 29.2. The number of carbonyl (C=O) groups is 1. The van der Waals surface area contributed by atoms with Crippen LogP contribution in [0.5, 0.6) is 0 Å². The molecule has 47 heavy (non-hydrogen) atoms. The number of aryl methyl sites for hydroxylation is 1. The fourth-order valence-electron chi connectivity index (χ4n) is 6.99. The Morgan fingerprint density at radius 1 is 0.894 bits per heavy atom. The molecule has 0 aromatic heterocycles. The molecule has 4 aromatic rings. The normalized spacial score (nSPS) is 16.9. The molecule has 1 amide bonds. The van der Waals surface area contributed by atoms with Crippen molar-refractivity contribution < 1.29 is 26.8 Å². The molecular formula is C39H41F4NO2Si. The molecule has 8 heteroatoms. The summed E-state index contributed by atoms with van der Waals surface area (Å²) >= 11 is 0. The fourth-order valence-corrected chi connectivity index (χ4v) is 11.5. The molecule has 246 valence electrons. The number of rotatable bonds is 10. The van der Waals surface area contributed by atoms with Gasteiger partial charge in [0.2, 0.25) is 0 Å². The van der Waals surface area contributed by atoms with Crippen LogP contribution < -0.4 is 15.7 Å². The number of alkyl halides is 3. The summed E-state index contributed by atoms with van der Waals surface area (Å²) in [7, 11) is -3.00. The third kappa shape index (κ3) is 6.42. The molecule has 6 rings (SSSR count). The summed E-state index contributed by atoms with van der Waals surface area (Å²) in [4.78, 5) is 13.9. The Hall–Kier alpha value is -3.75. The van der Waals surface area contributed by atoms with Crippen LogP contribution in [0.3, 0.4) is 0 Å². The van der Waals surface area contributed by atoms with Crippen LogP contribution in [0.4, 0.5) is 17.6 Å². The summed E-state index contributed by atoms with van der Waals surface area (Å²) in [6.45, 7) is 8.16. The van der Waals surface area contributed by atoms with E-state index in [0.29, 0.717) is 11.1 Å². The Balaban J connectivity index is 1.39. The molecule has 1 unspecified atom stereocenters. The number of nitrogens with one attached hydrogen (secondary N) is 1. The predicted molar refractivity (Wildman–Crippen MR) is 180 cm³/mol. The monoisotopic (exact) mass is 659 g/mol. The lowest BCUT2D eigenvalue weighted by atomic mass is 9.91. The molecule has 3 nitrogen and oxygen atoms in total. The van der Waals surface area contributed by atoms with Gasteiger partial charge in [-0.3, -0.25) is 4.79 Å². The molecule has 0 bridgehead atoms. The number of hydrogen-bond acceptors (Lipinski definition) is 2. The fraction of sp³-hybridized carbons (Fsp3) is 0.359. The van der Waals surface area contributed by atoms with Crippen LogP contribution in [-0.4, -0.2) is 20.4 Å². The van der Waals surface area contributed by atoms with Gasteiger partial charge in [0.25, 0.3) is 14.2 Å². The molecule has 0 aliphatic heterocycles. The van der Waals surface area contributed by atoms with E-state index in [4.69, 9.17) is 4.43 Å². The zero-order valence-electron chi connectivity index (χ0n) is 27.3. The Morgan fingerprint density at radius 2 is 1.49 bits per heavy atom. The van der Waals surface area contributed by atoms with E-state index in [1.807, 2.05) is 36.4 Å². The minimum atomic E-state index is -4.44. The van der Waals surface area contributed by atoms with Crippen molar-refractivity contribution in [3.8, 4) is 0 Å². The van der Waals surface area contributed by atoms with Crippen LogP contribution in [0, 0.1) is 18.7 Å². The molecule has 1 N–H and O–H groups in total. The van der Waals surface area contributed by atoms with E-state index in [2.05, 4.69) is 50.4 Å². The predicted octanol–water partition coefficient (Wildman–Crippen LogP) is 8.69. The van der Waals surface area contributed by atoms with Crippen molar-refractivity contribution in [2.45, 2.75) is 82.7 Å². The number of halogens is 4. The van der Waals surface area contributed by atoms with Crippen LogP contribution in [0.15, 0.2) is 97.1 Å². The lowest BCUT2D eigenvalue weighted by Gasteiger charge is -2.43. The van der Waals surface area contributed by atoms with Gasteiger partial charge in [0.15, 0.2) is 0 Å². The minimum absolute atomic E-state index is 0.0177. The Morgan fingerprint density at radius 3 is 1.98 bits per heavy atom. The average Bonchev–Trinajstić information content (AvgIpc) is 3.96. The van der Waals surface area contributed by atoms with Crippen LogP contribution in [0.25, 0.3) is 0 Å². The molecule has 0 saturated heterocycles. The maximum atomic E-state index is 14.5. The van der Waals surface area contributed by atoms with Gasteiger partial charge in [0, 0.05) is 5.56 Å². The zero-order chi connectivity index (χ0) is 33.6. The van der Waals surface area contributed by atoms with E-state index in [0.717, 1.165) is 28.8 Å². The number of hydrogen-bond donors (Lipinski definition) is 1. The highest BCUT2D eigenvalue weighted by molar-refractivity contribution is 6.99. The highest BCUT2D eigenvalue weighted by atomic mass is 28.4. The molecule has 0 radical (unpaired) electrons. The number of carbonyl (C=O) groups excluding carboxylic acids is 1. The van der Waals surface area contributed by atoms with Crippen molar-refractivity contribution in [3.05, 3.63) is 131 Å². The van der Waals surface area contributed by atoms with Crippen molar-refractivity contribution in [2.24, 2.45) is 5.92 Å². The summed E-state index contributed by atoms with van der Waals surface area (Å²) in [6.07, 6.45) is -2.65. The van der Waals surface area contributed by atoms with E-state index >= 15 is 0 Å². The lowest BCUT2D eigenvalue weighted by Crippen LogP contribution is -2.66. The summed E-state index contributed by atoms with van der Waals surface area (Å²) < 4.78 is 64.6. The molecule has 2 saturated carbocycles. The lowest BCUT2D eigenvalue weighted by molar-refractivity contribution is -0.160. The van der Waals surface area contributed by atoms with Crippen molar-refractivity contribution in [1.82, 2.24) is 5.32 Å². The first-order chi connectivity index (χ1) is 22.2. The Labute approximate surface area is 275 Å². The maximum absolute atomic E-state index is 14.5. The largest absolute Gasteiger partial charge is 0.403 e. The second-order valence-electron chi connectivity index (χ2n) is 14.2. The smallest absolute Gasteiger partial charge is 0.398 e. The molecule has 4 aromatic carbocycles. The van der Waals surface area contributed by atoms with Gasteiger partial charge >= 0.3 is 6.18 Å². The zero-order valence-corrected chi connectivity index (χ0v) is 28.3. The van der Waals surface area contributed by atoms with Gasteiger partial charge in [-0.25, -0.2) is 4.39 Å². The van der Waals surface area contributed by atoms with E-state index in [1.54, 1.807) is 31.2 Å². The second kappa shape index (κ2) is 12.4. The number of benzene rings is 4. The van der Waals surface area contributed by atoms with Crippen LogP contribution in [0.1, 0.15) is 85.1 Å². The summed E-state index contributed by atoms with van der Waals surface area (Å²) in [5.74, 6) is -0.583. The molecule has 2 aliphatic rings. The number of amides is 1. The molecule has 0 spiro atoms. The van der Waals surface area contributed by atoms with E-state index in [-0.39, 0.29) is 53.4 Å².